The molecule has 1 aliphatic rings. The summed E-state index contributed by atoms with van der Waals surface area (Å²) in [6.07, 6.45) is -0.120. The molecule has 1 aliphatic heterocycles. The highest BCUT2D eigenvalue weighted by Gasteiger charge is 2.20. The molecule has 0 atom stereocenters. The lowest BCUT2D eigenvalue weighted by Gasteiger charge is -2.08. The van der Waals surface area contributed by atoms with Crippen LogP contribution in [-0.2, 0) is 11.2 Å². The molecule has 3 rings (SSSR count). The Morgan fingerprint density at radius 3 is 2.73 bits per heavy atom. The predicted molar refractivity (Wildman–Crippen MR) is 71.2 cm³/mol. The van der Waals surface area contributed by atoms with E-state index >= 15 is 0 Å². The highest BCUT2D eigenvalue weighted by molar-refractivity contribution is 5.92. The monoisotopic (exact) mass is 309 g/mol. The van der Waals surface area contributed by atoms with E-state index in [1.165, 1.54) is 0 Å². The number of rotatable bonds is 3. The molecule has 22 heavy (non-hydrogen) atoms. The number of hydrogen-bond donors (Lipinski definition) is 1. The van der Waals surface area contributed by atoms with Gasteiger partial charge in [0, 0.05) is 5.56 Å². The van der Waals surface area contributed by atoms with Gasteiger partial charge in [0.05, 0.1) is 12.1 Å². The number of ether oxygens (including phenoxy) is 2. The zero-order valence-electron chi connectivity index (χ0n) is 11.2. The van der Waals surface area contributed by atoms with E-state index in [4.69, 9.17) is 9.47 Å². The van der Waals surface area contributed by atoms with Crippen LogP contribution < -0.4 is 14.8 Å². The number of carbonyl (C=O) groups is 1. The van der Waals surface area contributed by atoms with Crippen LogP contribution in [0, 0.1) is 17.5 Å². The molecule has 114 valence electrons. The summed E-state index contributed by atoms with van der Waals surface area (Å²) in [5.41, 5.74) is 0.129. The van der Waals surface area contributed by atoms with Crippen LogP contribution in [0.2, 0.25) is 0 Å². The summed E-state index contributed by atoms with van der Waals surface area (Å²) in [4.78, 5) is 11.9. The van der Waals surface area contributed by atoms with Gasteiger partial charge in [-0.15, -0.1) is 0 Å². The summed E-state index contributed by atoms with van der Waals surface area (Å²) >= 11 is 0. The molecule has 2 aromatic carbocycles. The van der Waals surface area contributed by atoms with Gasteiger partial charge >= 0.3 is 0 Å². The number of amides is 1. The van der Waals surface area contributed by atoms with Crippen molar-refractivity contribution in [3.63, 3.8) is 0 Å². The van der Waals surface area contributed by atoms with Gasteiger partial charge in [0.2, 0.25) is 12.7 Å². The van der Waals surface area contributed by atoms with E-state index in [0.717, 1.165) is 12.1 Å². The first-order chi connectivity index (χ1) is 10.6. The van der Waals surface area contributed by atoms with E-state index in [0.29, 0.717) is 17.1 Å². The third-order valence-corrected chi connectivity index (χ3v) is 3.14. The van der Waals surface area contributed by atoms with Crippen molar-refractivity contribution in [1.29, 1.82) is 0 Å². The van der Waals surface area contributed by atoms with Crippen LogP contribution in [0.15, 0.2) is 30.3 Å². The van der Waals surface area contributed by atoms with Crippen molar-refractivity contribution in [2.45, 2.75) is 6.42 Å². The fourth-order valence-electron chi connectivity index (χ4n) is 2.12. The van der Waals surface area contributed by atoms with E-state index in [1.807, 2.05) is 0 Å². The SMILES string of the molecule is O=C(Cc1cccc2c1OCO2)Nc1ccc(F)c(F)c1F. The van der Waals surface area contributed by atoms with E-state index < -0.39 is 29.0 Å². The lowest BCUT2D eigenvalue weighted by molar-refractivity contribution is -0.115. The van der Waals surface area contributed by atoms with E-state index in [2.05, 4.69) is 5.32 Å². The Morgan fingerprint density at radius 1 is 1.09 bits per heavy atom. The van der Waals surface area contributed by atoms with Crippen LogP contribution >= 0.6 is 0 Å². The molecule has 0 fully saturated rings. The molecule has 7 heteroatoms. The molecule has 1 N–H and O–H groups in total. The number of carbonyl (C=O) groups excluding carboxylic acids is 1. The van der Waals surface area contributed by atoms with Gasteiger partial charge in [-0.3, -0.25) is 4.79 Å². The van der Waals surface area contributed by atoms with Gasteiger partial charge in [0.15, 0.2) is 29.0 Å². The Hall–Kier alpha value is -2.70. The first-order valence-electron chi connectivity index (χ1n) is 6.37. The molecular weight excluding hydrogens is 299 g/mol. The zero-order chi connectivity index (χ0) is 15.7. The molecule has 1 heterocycles. The van der Waals surface area contributed by atoms with Crippen molar-refractivity contribution in [3.05, 3.63) is 53.3 Å². The second-order valence-electron chi connectivity index (χ2n) is 4.60. The fraction of sp³-hybridized carbons (Fsp3) is 0.133. The first-order valence-corrected chi connectivity index (χ1v) is 6.37. The highest BCUT2D eigenvalue weighted by atomic mass is 19.2. The maximum Gasteiger partial charge on any atom is 0.231 e. The van der Waals surface area contributed by atoms with Crippen molar-refractivity contribution < 1.29 is 27.4 Å². The minimum atomic E-state index is -1.63. The molecule has 0 unspecified atom stereocenters. The zero-order valence-corrected chi connectivity index (χ0v) is 11.2. The Kier molecular flexibility index (Phi) is 3.62. The smallest absolute Gasteiger partial charge is 0.231 e. The molecule has 4 nitrogen and oxygen atoms in total. The van der Waals surface area contributed by atoms with Gasteiger partial charge in [0.1, 0.15) is 0 Å². The van der Waals surface area contributed by atoms with Crippen LogP contribution in [0.4, 0.5) is 18.9 Å². The number of para-hydroxylation sites is 1. The number of halogens is 3. The van der Waals surface area contributed by atoms with Crippen molar-refractivity contribution in [2.24, 2.45) is 0 Å². The number of nitrogens with one attached hydrogen (secondary N) is 1. The Balaban J connectivity index is 1.77. The van der Waals surface area contributed by atoms with Gasteiger partial charge < -0.3 is 14.8 Å². The van der Waals surface area contributed by atoms with Gasteiger partial charge in [0.25, 0.3) is 0 Å². The van der Waals surface area contributed by atoms with Gasteiger partial charge in [-0.2, -0.15) is 0 Å². The summed E-state index contributed by atoms with van der Waals surface area (Å²) in [6.45, 7) is 0.0613. The van der Waals surface area contributed by atoms with Crippen molar-refractivity contribution in [1.82, 2.24) is 0 Å². The molecule has 0 aromatic heterocycles. The fourth-order valence-corrected chi connectivity index (χ4v) is 2.12. The summed E-state index contributed by atoms with van der Waals surface area (Å²) in [7, 11) is 0. The molecule has 0 radical (unpaired) electrons. The van der Waals surface area contributed by atoms with Crippen LogP contribution in [0.25, 0.3) is 0 Å². The third-order valence-electron chi connectivity index (χ3n) is 3.14. The average molecular weight is 309 g/mol. The number of fused-ring (bicyclic) bond motifs is 1. The highest BCUT2D eigenvalue weighted by Crippen LogP contribution is 2.35. The van der Waals surface area contributed by atoms with Crippen LogP contribution in [0.1, 0.15) is 5.56 Å². The Bertz CT molecular complexity index is 749. The van der Waals surface area contributed by atoms with Crippen LogP contribution in [-0.4, -0.2) is 12.7 Å². The Morgan fingerprint density at radius 2 is 1.91 bits per heavy atom. The van der Waals surface area contributed by atoms with Crippen LogP contribution in [0.5, 0.6) is 11.5 Å². The summed E-state index contributed by atoms with van der Waals surface area (Å²) in [5.74, 6) is -4.01. The normalized spacial score (nSPS) is 12.3. The lowest BCUT2D eigenvalue weighted by atomic mass is 10.1. The van der Waals surface area contributed by atoms with Gasteiger partial charge in [-0.25, -0.2) is 13.2 Å². The minimum Gasteiger partial charge on any atom is -0.454 e. The van der Waals surface area contributed by atoms with Crippen molar-refractivity contribution >= 4 is 11.6 Å². The lowest BCUT2D eigenvalue weighted by Crippen LogP contribution is -2.16. The molecule has 0 aliphatic carbocycles. The largest absolute Gasteiger partial charge is 0.454 e. The molecule has 0 bridgehead atoms. The van der Waals surface area contributed by atoms with Crippen molar-refractivity contribution in [2.75, 3.05) is 12.1 Å². The predicted octanol–water partition coefficient (Wildman–Crippen LogP) is 3.01. The summed E-state index contributed by atoms with van der Waals surface area (Å²) in [5, 5.41) is 2.20. The van der Waals surface area contributed by atoms with E-state index in [-0.39, 0.29) is 13.2 Å². The third kappa shape index (κ3) is 2.57. The molecule has 2 aromatic rings. The molecule has 0 saturated heterocycles. The maximum atomic E-state index is 13.5. The van der Waals surface area contributed by atoms with Gasteiger partial charge in [-0.05, 0) is 18.2 Å². The maximum absolute atomic E-state index is 13.5. The van der Waals surface area contributed by atoms with Crippen LogP contribution in [0.3, 0.4) is 0 Å². The van der Waals surface area contributed by atoms with Gasteiger partial charge in [-0.1, -0.05) is 12.1 Å². The molecule has 0 saturated carbocycles. The number of anilines is 1. The summed E-state index contributed by atoms with van der Waals surface area (Å²) < 4.78 is 49.9. The quantitative estimate of drug-likeness (QED) is 0.887. The Labute approximate surface area is 123 Å². The van der Waals surface area contributed by atoms with E-state index in [1.54, 1.807) is 18.2 Å². The average Bonchev–Trinajstić information content (AvgIpc) is 2.97. The molecule has 0 spiro atoms. The standard InChI is InChI=1S/C15H10F3NO3/c16-9-4-5-10(14(18)13(9)17)19-12(20)6-8-2-1-3-11-15(8)22-7-21-11/h1-5H,6-7H2,(H,19,20). The van der Waals surface area contributed by atoms with E-state index in [9.17, 15) is 18.0 Å². The second-order valence-corrected chi connectivity index (χ2v) is 4.60. The summed E-state index contributed by atoms with van der Waals surface area (Å²) in [6, 6.07) is 6.74. The number of benzene rings is 2. The number of hydrogen-bond acceptors (Lipinski definition) is 3. The van der Waals surface area contributed by atoms with Crippen molar-refractivity contribution in [3.8, 4) is 11.5 Å². The molecule has 1 amide bonds. The second kappa shape index (κ2) is 5.59. The minimum absolute atomic E-state index is 0.0613. The first kappa shape index (κ1) is 14.2. The topological polar surface area (TPSA) is 47.6 Å². The molecular formula is C15H10F3NO3.